The summed E-state index contributed by atoms with van der Waals surface area (Å²) in [4.78, 5) is 24.2. The number of carbonyl (C=O) groups excluding carboxylic acids is 2. The normalized spacial score (nSPS) is 12.1. The second kappa shape index (κ2) is 9.53. The lowest BCUT2D eigenvalue weighted by molar-refractivity contribution is -0.124. The summed E-state index contributed by atoms with van der Waals surface area (Å²) in [5.41, 5.74) is 1.97. The van der Waals surface area contributed by atoms with Gasteiger partial charge in [0.25, 0.3) is 5.91 Å². The van der Waals surface area contributed by atoms with E-state index in [-0.39, 0.29) is 22.3 Å². The maximum absolute atomic E-state index is 12.3. The Morgan fingerprint density at radius 1 is 1.14 bits per heavy atom. The number of esters is 1. The van der Waals surface area contributed by atoms with Gasteiger partial charge in [-0.2, -0.15) is 0 Å². The van der Waals surface area contributed by atoms with Crippen LogP contribution in [-0.4, -0.2) is 34.0 Å². The Balaban J connectivity index is 2.01. The molecule has 1 atom stereocenters. The predicted octanol–water partition coefficient (Wildman–Crippen LogP) is 1.94. The highest BCUT2D eigenvalue weighted by molar-refractivity contribution is 7.89. The number of nitrogens with one attached hydrogen (secondary N) is 1. The molecule has 0 aromatic heterocycles. The molecule has 0 unspecified atom stereocenters. The molecule has 8 nitrogen and oxygen atoms in total. The van der Waals surface area contributed by atoms with Crippen molar-refractivity contribution in [2.45, 2.75) is 31.2 Å². The van der Waals surface area contributed by atoms with Gasteiger partial charge in [0.2, 0.25) is 10.0 Å². The first-order chi connectivity index (χ1) is 13.7. The van der Waals surface area contributed by atoms with Gasteiger partial charge in [0.1, 0.15) is 11.3 Å². The van der Waals surface area contributed by atoms with Gasteiger partial charge >= 0.3 is 5.97 Å². The Bertz CT molecular complexity index is 987. The van der Waals surface area contributed by atoms with Crippen LogP contribution >= 0.6 is 0 Å². The molecule has 3 N–H and O–H groups in total. The summed E-state index contributed by atoms with van der Waals surface area (Å²) in [5.74, 6) is -1.29. The molecule has 2 aromatic rings. The first-order valence-corrected chi connectivity index (χ1v) is 10.5. The van der Waals surface area contributed by atoms with Gasteiger partial charge < -0.3 is 14.8 Å². The van der Waals surface area contributed by atoms with Crippen molar-refractivity contribution in [1.82, 2.24) is 5.32 Å². The van der Waals surface area contributed by atoms with E-state index < -0.39 is 28.5 Å². The molecule has 0 fully saturated rings. The van der Waals surface area contributed by atoms with E-state index in [2.05, 4.69) is 12.2 Å². The average Bonchev–Trinajstić information content (AvgIpc) is 2.70. The molecule has 0 saturated heterocycles. The molecular formula is C20H24N2O6S. The van der Waals surface area contributed by atoms with Crippen LogP contribution in [0.2, 0.25) is 0 Å². The van der Waals surface area contributed by atoms with Crippen molar-refractivity contribution >= 4 is 21.9 Å². The van der Waals surface area contributed by atoms with E-state index in [0.29, 0.717) is 0 Å². The predicted molar refractivity (Wildman–Crippen MR) is 107 cm³/mol. The number of methoxy groups -OCH3 is 1. The number of benzene rings is 2. The molecule has 29 heavy (non-hydrogen) atoms. The van der Waals surface area contributed by atoms with Crippen LogP contribution in [0.4, 0.5) is 0 Å². The fourth-order valence-corrected chi connectivity index (χ4v) is 3.18. The van der Waals surface area contributed by atoms with Gasteiger partial charge in [-0.3, -0.25) is 4.79 Å². The number of ether oxygens (including phenoxy) is 2. The summed E-state index contributed by atoms with van der Waals surface area (Å²) in [5, 5.41) is 7.82. The zero-order chi connectivity index (χ0) is 21.6. The number of hydrogen-bond donors (Lipinski definition) is 2. The van der Waals surface area contributed by atoms with Crippen molar-refractivity contribution in [1.29, 1.82) is 0 Å². The molecule has 0 bridgehead atoms. The van der Waals surface area contributed by atoms with Crippen LogP contribution in [0.5, 0.6) is 5.75 Å². The number of rotatable bonds is 8. The summed E-state index contributed by atoms with van der Waals surface area (Å²) in [6, 6.07) is 11.1. The van der Waals surface area contributed by atoms with Gasteiger partial charge in [0.05, 0.1) is 18.0 Å². The number of primary sulfonamides is 1. The summed E-state index contributed by atoms with van der Waals surface area (Å²) < 4.78 is 33.0. The van der Waals surface area contributed by atoms with E-state index >= 15 is 0 Å². The Hall–Kier alpha value is -2.91. The molecule has 0 heterocycles. The second-order valence-corrected chi connectivity index (χ2v) is 7.93. The van der Waals surface area contributed by atoms with Gasteiger partial charge in [-0.1, -0.05) is 31.2 Å². The molecule has 2 aromatic carbocycles. The molecule has 0 saturated carbocycles. The van der Waals surface area contributed by atoms with E-state index in [1.54, 1.807) is 0 Å². The number of hydrogen-bond acceptors (Lipinski definition) is 6. The first-order valence-electron chi connectivity index (χ1n) is 8.91. The molecule has 156 valence electrons. The van der Waals surface area contributed by atoms with Gasteiger partial charge in [0, 0.05) is 0 Å². The smallest absolute Gasteiger partial charge is 0.342 e. The Labute approximate surface area is 170 Å². The maximum Gasteiger partial charge on any atom is 0.342 e. The minimum atomic E-state index is -4.01. The number of nitrogens with two attached hydrogens (primary N) is 1. The molecule has 0 aliphatic heterocycles. The summed E-state index contributed by atoms with van der Waals surface area (Å²) >= 11 is 0. The summed E-state index contributed by atoms with van der Waals surface area (Å²) in [6.45, 7) is 3.35. The Morgan fingerprint density at radius 2 is 1.79 bits per heavy atom. The van der Waals surface area contributed by atoms with Crippen molar-refractivity contribution in [3.8, 4) is 5.75 Å². The van der Waals surface area contributed by atoms with Gasteiger partial charge in [-0.15, -0.1) is 0 Å². The molecular weight excluding hydrogens is 396 g/mol. The molecule has 2 rings (SSSR count). The lowest BCUT2D eigenvalue weighted by Gasteiger charge is -2.15. The zero-order valence-corrected chi connectivity index (χ0v) is 17.3. The largest absolute Gasteiger partial charge is 0.496 e. The van der Waals surface area contributed by atoms with Crippen LogP contribution in [0.3, 0.4) is 0 Å². The van der Waals surface area contributed by atoms with Crippen molar-refractivity contribution in [3.05, 3.63) is 59.2 Å². The molecule has 9 heteroatoms. The van der Waals surface area contributed by atoms with Crippen LogP contribution in [0.1, 0.15) is 41.4 Å². The molecule has 0 spiro atoms. The van der Waals surface area contributed by atoms with E-state index in [1.165, 1.54) is 24.8 Å². The highest BCUT2D eigenvalue weighted by atomic mass is 32.2. The lowest BCUT2D eigenvalue weighted by Crippen LogP contribution is -2.31. The fraction of sp³-hybridized carbons (Fsp3) is 0.300. The second-order valence-electron chi connectivity index (χ2n) is 6.37. The number of amides is 1. The highest BCUT2D eigenvalue weighted by Gasteiger charge is 2.20. The van der Waals surface area contributed by atoms with E-state index in [4.69, 9.17) is 14.6 Å². The van der Waals surface area contributed by atoms with Crippen molar-refractivity contribution in [2.24, 2.45) is 5.14 Å². The Morgan fingerprint density at radius 3 is 2.34 bits per heavy atom. The summed E-state index contributed by atoms with van der Waals surface area (Å²) in [7, 11) is -2.69. The van der Waals surface area contributed by atoms with Crippen LogP contribution < -0.4 is 15.2 Å². The number of carbonyl (C=O) groups is 2. The van der Waals surface area contributed by atoms with E-state index in [1.807, 2.05) is 31.2 Å². The SMILES string of the molecule is CCc1ccc([C@@H](C)NC(=O)COC(=O)c2cc(S(N)(=O)=O)ccc2OC)cc1. The minimum Gasteiger partial charge on any atom is -0.496 e. The fourth-order valence-electron chi connectivity index (χ4n) is 2.64. The van der Waals surface area contributed by atoms with Crippen LogP contribution in [0.15, 0.2) is 47.4 Å². The molecule has 0 radical (unpaired) electrons. The summed E-state index contributed by atoms with van der Waals surface area (Å²) in [6.07, 6.45) is 0.924. The molecule has 0 aliphatic carbocycles. The van der Waals surface area contributed by atoms with Crippen molar-refractivity contribution in [3.63, 3.8) is 0 Å². The maximum atomic E-state index is 12.3. The zero-order valence-electron chi connectivity index (χ0n) is 16.5. The van der Waals surface area contributed by atoms with Gasteiger partial charge in [-0.05, 0) is 42.7 Å². The van der Waals surface area contributed by atoms with E-state index in [0.717, 1.165) is 18.1 Å². The standard InChI is InChI=1S/C20H24N2O6S/c1-4-14-5-7-15(8-6-14)13(2)22-19(23)12-28-20(24)17-11-16(29(21,25)26)9-10-18(17)27-3/h5-11,13H,4,12H2,1-3H3,(H,22,23)(H2,21,25,26)/t13-/m1/s1. The first kappa shape index (κ1) is 22.4. The third kappa shape index (κ3) is 6.03. The number of aryl methyl sites for hydroxylation is 1. The average molecular weight is 420 g/mol. The molecule has 1 amide bonds. The topological polar surface area (TPSA) is 125 Å². The van der Waals surface area contributed by atoms with Crippen molar-refractivity contribution < 1.29 is 27.5 Å². The number of sulfonamides is 1. The van der Waals surface area contributed by atoms with Gasteiger partial charge in [-0.25, -0.2) is 18.4 Å². The lowest BCUT2D eigenvalue weighted by atomic mass is 10.1. The van der Waals surface area contributed by atoms with Gasteiger partial charge in [0.15, 0.2) is 6.61 Å². The Kier molecular flexibility index (Phi) is 7.35. The highest BCUT2D eigenvalue weighted by Crippen LogP contribution is 2.23. The monoisotopic (exact) mass is 420 g/mol. The third-order valence-corrected chi connectivity index (χ3v) is 5.23. The van der Waals surface area contributed by atoms with E-state index in [9.17, 15) is 18.0 Å². The van der Waals surface area contributed by atoms with Crippen LogP contribution in [-0.2, 0) is 26.0 Å². The van der Waals surface area contributed by atoms with Crippen LogP contribution in [0, 0.1) is 0 Å². The van der Waals surface area contributed by atoms with Crippen LogP contribution in [0.25, 0.3) is 0 Å². The third-order valence-electron chi connectivity index (χ3n) is 4.32. The minimum absolute atomic E-state index is 0.104. The quantitative estimate of drug-likeness (QED) is 0.629. The molecule has 0 aliphatic rings. The van der Waals surface area contributed by atoms with Crippen molar-refractivity contribution in [2.75, 3.05) is 13.7 Å².